The average Bonchev–Trinajstić information content (AvgIpc) is 3.11. The number of carbonyl (C=O) groups excluding carboxylic acids is 1. The third-order valence-electron chi connectivity index (χ3n) is 5.03. The molecule has 132 valence electrons. The average molecular weight is 347 g/mol. The van der Waals surface area contributed by atoms with Crippen LogP contribution in [0.1, 0.15) is 42.4 Å². The molecule has 0 aromatic heterocycles. The molecule has 25 heavy (non-hydrogen) atoms. The van der Waals surface area contributed by atoms with Crippen LogP contribution in [-0.2, 0) is 23.1 Å². The molecular formula is C20H20F3NO. The summed E-state index contributed by atoms with van der Waals surface area (Å²) in [6.07, 6.45) is 0.0537. The fraction of sp³-hybridized carbons (Fsp3) is 0.350. The van der Waals surface area contributed by atoms with Crippen LogP contribution in [0.25, 0.3) is 0 Å². The van der Waals surface area contributed by atoms with Gasteiger partial charge in [0.15, 0.2) is 0 Å². The summed E-state index contributed by atoms with van der Waals surface area (Å²) in [5.41, 5.74) is 0.420. The molecule has 1 saturated carbocycles. The molecule has 2 aromatic carbocycles. The van der Waals surface area contributed by atoms with Crippen LogP contribution in [0, 0.1) is 0 Å². The maximum absolute atomic E-state index is 12.9. The summed E-state index contributed by atoms with van der Waals surface area (Å²) < 4.78 is 38.8. The molecule has 1 aliphatic carbocycles. The zero-order chi connectivity index (χ0) is 17.9. The van der Waals surface area contributed by atoms with Crippen LogP contribution >= 0.6 is 0 Å². The number of halogens is 3. The van der Waals surface area contributed by atoms with E-state index in [4.69, 9.17) is 0 Å². The van der Waals surface area contributed by atoms with Gasteiger partial charge in [0, 0.05) is 6.54 Å². The van der Waals surface area contributed by atoms with Gasteiger partial charge in [-0.2, -0.15) is 13.2 Å². The molecule has 1 fully saturated rings. The molecule has 5 heteroatoms. The van der Waals surface area contributed by atoms with Crippen molar-refractivity contribution in [2.75, 3.05) is 0 Å². The van der Waals surface area contributed by atoms with E-state index in [1.165, 1.54) is 6.07 Å². The first-order valence-corrected chi connectivity index (χ1v) is 8.39. The number of carbonyl (C=O) groups is 1. The van der Waals surface area contributed by atoms with Crippen LogP contribution in [0.5, 0.6) is 0 Å². The van der Waals surface area contributed by atoms with Gasteiger partial charge in [0.1, 0.15) is 0 Å². The first-order valence-electron chi connectivity index (χ1n) is 8.39. The van der Waals surface area contributed by atoms with E-state index in [1.54, 1.807) is 11.0 Å². The Bertz CT molecular complexity index is 721. The number of nitrogens with zero attached hydrogens (tertiary/aromatic N) is 1. The topological polar surface area (TPSA) is 20.3 Å². The summed E-state index contributed by atoms with van der Waals surface area (Å²) in [5.74, 6) is 0. The number of amides is 1. The molecule has 0 radical (unpaired) electrons. The zero-order valence-corrected chi connectivity index (χ0v) is 13.8. The van der Waals surface area contributed by atoms with E-state index in [-0.39, 0.29) is 6.54 Å². The highest BCUT2D eigenvalue weighted by atomic mass is 19.4. The van der Waals surface area contributed by atoms with Crippen LogP contribution in [0.15, 0.2) is 54.6 Å². The summed E-state index contributed by atoms with van der Waals surface area (Å²) in [4.78, 5) is 13.5. The Hall–Kier alpha value is -2.30. The highest BCUT2D eigenvalue weighted by molar-refractivity contribution is 5.51. The molecule has 0 unspecified atom stereocenters. The lowest BCUT2D eigenvalue weighted by atomic mass is 9.86. The van der Waals surface area contributed by atoms with E-state index in [0.717, 1.165) is 49.8 Å². The van der Waals surface area contributed by atoms with Gasteiger partial charge >= 0.3 is 6.18 Å². The standard InChI is InChI=1S/C20H20F3NO/c21-20(22,23)18-10-6-7-16(13-18)14-24(15-25)19(11-4-5-12-19)17-8-2-1-3-9-17/h1-3,6-10,13,15H,4-5,11-12,14H2. The molecule has 0 spiro atoms. The summed E-state index contributed by atoms with van der Waals surface area (Å²) >= 11 is 0. The summed E-state index contributed by atoms with van der Waals surface area (Å²) in [6.45, 7) is 0.169. The lowest BCUT2D eigenvalue weighted by Gasteiger charge is -2.39. The van der Waals surface area contributed by atoms with Crippen molar-refractivity contribution in [3.8, 4) is 0 Å². The lowest BCUT2D eigenvalue weighted by molar-refractivity contribution is -0.137. The number of hydrogen-bond acceptors (Lipinski definition) is 1. The molecular weight excluding hydrogens is 327 g/mol. The highest BCUT2D eigenvalue weighted by Crippen LogP contribution is 2.44. The molecule has 1 amide bonds. The maximum atomic E-state index is 12.9. The van der Waals surface area contributed by atoms with Gasteiger partial charge in [0.2, 0.25) is 6.41 Å². The van der Waals surface area contributed by atoms with Crippen LogP contribution in [0.4, 0.5) is 13.2 Å². The predicted octanol–water partition coefficient (Wildman–Crippen LogP) is 5.13. The lowest BCUT2D eigenvalue weighted by Crippen LogP contribution is -2.43. The van der Waals surface area contributed by atoms with Gasteiger partial charge in [-0.3, -0.25) is 4.79 Å². The number of benzene rings is 2. The molecule has 2 aromatic rings. The monoisotopic (exact) mass is 347 g/mol. The van der Waals surface area contributed by atoms with Crippen LogP contribution in [-0.4, -0.2) is 11.3 Å². The second-order valence-electron chi connectivity index (χ2n) is 6.54. The van der Waals surface area contributed by atoms with E-state index in [9.17, 15) is 18.0 Å². The molecule has 3 rings (SSSR count). The Kier molecular flexibility index (Phi) is 4.84. The Morgan fingerprint density at radius 3 is 2.28 bits per heavy atom. The summed E-state index contributed by atoms with van der Waals surface area (Å²) in [6, 6.07) is 15.0. The first-order chi connectivity index (χ1) is 12.0. The van der Waals surface area contributed by atoms with Crippen molar-refractivity contribution in [2.24, 2.45) is 0 Å². The van der Waals surface area contributed by atoms with E-state index in [1.807, 2.05) is 30.3 Å². The maximum Gasteiger partial charge on any atom is 0.416 e. The minimum absolute atomic E-state index is 0.169. The van der Waals surface area contributed by atoms with E-state index in [2.05, 4.69) is 0 Å². The van der Waals surface area contributed by atoms with Crippen molar-refractivity contribution in [2.45, 2.75) is 43.9 Å². The minimum Gasteiger partial charge on any atom is -0.331 e. The fourth-order valence-corrected chi connectivity index (χ4v) is 3.78. The largest absolute Gasteiger partial charge is 0.416 e. The molecule has 0 heterocycles. The Morgan fingerprint density at radius 2 is 1.68 bits per heavy atom. The second kappa shape index (κ2) is 6.90. The van der Waals surface area contributed by atoms with Crippen molar-refractivity contribution < 1.29 is 18.0 Å². The Morgan fingerprint density at radius 1 is 1.00 bits per heavy atom. The van der Waals surface area contributed by atoms with Crippen molar-refractivity contribution >= 4 is 6.41 Å². The number of alkyl halides is 3. The summed E-state index contributed by atoms with van der Waals surface area (Å²) in [5, 5.41) is 0. The normalized spacial score (nSPS) is 16.6. The predicted molar refractivity (Wildman–Crippen MR) is 89.6 cm³/mol. The quantitative estimate of drug-likeness (QED) is 0.686. The van der Waals surface area contributed by atoms with Crippen LogP contribution in [0.2, 0.25) is 0 Å². The molecule has 1 aliphatic rings. The Balaban J connectivity index is 1.93. The van der Waals surface area contributed by atoms with Gasteiger partial charge in [0.25, 0.3) is 0 Å². The first kappa shape index (κ1) is 17.5. The van der Waals surface area contributed by atoms with Gasteiger partial charge in [-0.25, -0.2) is 0 Å². The van der Waals surface area contributed by atoms with Crippen LogP contribution in [0.3, 0.4) is 0 Å². The molecule has 0 saturated heterocycles. The third kappa shape index (κ3) is 3.55. The second-order valence-corrected chi connectivity index (χ2v) is 6.54. The minimum atomic E-state index is -4.38. The number of rotatable bonds is 5. The van der Waals surface area contributed by atoms with E-state index < -0.39 is 17.3 Å². The van der Waals surface area contributed by atoms with E-state index >= 15 is 0 Å². The van der Waals surface area contributed by atoms with Gasteiger partial charge < -0.3 is 4.90 Å². The zero-order valence-electron chi connectivity index (χ0n) is 13.8. The van der Waals surface area contributed by atoms with Crippen LogP contribution < -0.4 is 0 Å². The van der Waals surface area contributed by atoms with Gasteiger partial charge in [-0.15, -0.1) is 0 Å². The van der Waals surface area contributed by atoms with Gasteiger partial charge in [0.05, 0.1) is 11.1 Å². The third-order valence-corrected chi connectivity index (χ3v) is 5.03. The molecule has 0 bridgehead atoms. The van der Waals surface area contributed by atoms with Crippen molar-refractivity contribution in [3.63, 3.8) is 0 Å². The van der Waals surface area contributed by atoms with E-state index in [0.29, 0.717) is 5.56 Å². The fourth-order valence-electron chi connectivity index (χ4n) is 3.78. The van der Waals surface area contributed by atoms with Crippen molar-refractivity contribution in [1.82, 2.24) is 4.90 Å². The smallest absolute Gasteiger partial charge is 0.331 e. The van der Waals surface area contributed by atoms with Gasteiger partial charge in [-0.1, -0.05) is 55.3 Å². The van der Waals surface area contributed by atoms with Crippen molar-refractivity contribution in [3.05, 3.63) is 71.3 Å². The van der Waals surface area contributed by atoms with Gasteiger partial charge in [-0.05, 0) is 36.1 Å². The molecule has 0 atom stereocenters. The number of hydrogen-bond donors (Lipinski definition) is 0. The SMILES string of the molecule is O=CN(Cc1cccc(C(F)(F)F)c1)C1(c2ccccc2)CCCC1. The Labute approximate surface area is 145 Å². The molecule has 0 aliphatic heterocycles. The highest BCUT2D eigenvalue weighted by Gasteiger charge is 2.40. The van der Waals surface area contributed by atoms with Crippen molar-refractivity contribution in [1.29, 1.82) is 0 Å². The summed E-state index contributed by atoms with van der Waals surface area (Å²) in [7, 11) is 0. The molecule has 2 nitrogen and oxygen atoms in total. The molecule has 0 N–H and O–H groups in total.